The minimum atomic E-state index is -0.381. The summed E-state index contributed by atoms with van der Waals surface area (Å²) in [6.45, 7) is 0.253. The minimum Gasteiger partial charge on any atom is -0.445 e. The predicted molar refractivity (Wildman–Crippen MR) is 76.2 cm³/mol. The van der Waals surface area contributed by atoms with Gasteiger partial charge in [-0.05, 0) is 24.5 Å². The van der Waals surface area contributed by atoms with E-state index in [1.165, 1.54) is 4.90 Å². The first-order valence-electron chi connectivity index (χ1n) is 6.79. The molecule has 0 fully saturated rings. The number of hydrogen-bond donors (Lipinski definition) is 0. The van der Waals surface area contributed by atoms with Crippen LogP contribution in [0.4, 0.5) is 4.79 Å². The normalized spacial score (nSPS) is 18.4. The molecule has 0 unspecified atom stereocenters. The summed E-state index contributed by atoms with van der Waals surface area (Å²) >= 11 is 0. The molecule has 106 valence electrons. The summed E-state index contributed by atoms with van der Waals surface area (Å²) in [5.41, 5.74) is 0.952. The Balaban J connectivity index is 1.87. The zero-order chi connectivity index (χ0) is 14.4. The maximum absolute atomic E-state index is 12.0. The lowest BCUT2D eigenvalue weighted by Gasteiger charge is -2.25. The lowest BCUT2D eigenvalue weighted by molar-refractivity contribution is -0.115. The SMILES string of the molecule is CN(C(=O)OCc1ccccc1)[C@@H]1CCC=CC(=O)C1. The van der Waals surface area contributed by atoms with Gasteiger partial charge in [0.15, 0.2) is 5.78 Å². The van der Waals surface area contributed by atoms with E-state index < -0.39 is 0 Å². The van der Waals surface area contributed by atoms with Crippen LogP contribution in [0.25, 0.3) is 0 Å². The predicted octanol–water partition coefficient (Wildman–Crippen LogP) is 2.93. The van der Waals surface area contributed by atoms with Crippen molar-refractivity contribution in [3.63, 3.8) is 0 Å². The molecular weight excluding hydrogens is 254 g/mol. The van der Waals surface area contributed by atoms with Gasteiger partial charge in [0.1, 0.15) is 6.61 Å². The van der Waals surface area contributed by atoms with Gasteiger partial charge in [0.25, 0.3) is 0 Å². The van der Waals surface area contributed by atoms with Crippen LogP contribution in [0.5, 0.6) is 0 Å². The third-order valence-electron chi connectivity index (χ3n) is 3.45. The number of ketones is 1. The van der Waals surface area contributed by atoms with Crippen LogP contribution in [-0.4, -0.2) is 29.9 Å². The first kappa shape index (κ1) is 14.3. The Morgan fingerprint density at radius 1 is 1.35 bits per heavy atom. The fourth-order valence-electron chi connectivity index (χ4n) is 2.21. The number of nitrogens with zero attached hydrogens (tertiary/aromatic N) is 1. The molecule has 0 heterocycles. The number of ether oxygens (including phenoxy) is 1. The number of hydrogen-bond acceptors (Lipinski definition) is 3. The summed E-state index contributed by atoms with van der Waals surface area (Å²) in [6.07, 6.45) is 5.06. The molecule has 1 aromatic carbocycles. The highest BCUT2D eigenvalue weighted by Crippen LogP contribution is 2.16. The fraction of sp³-hybridized carbons (Fsp3) is 0.375. The molecule has 0 spiro atoms. The van der Waals surface area contributed by atoms with Gasteiger partial charge in [0.2, 0.25) is 0 Å². The molecule has 0 saturated carbocycles. The van der Waals surface area contributed by atoms with Gasteiger partial charge in [-0.3, -0.25) is 4.79 Å². The van der Waals surface area contributed by atoms with Crippen molar-refractivity contribution in [1.82, 2.24) is 4.90 Å². The van der Waals surface area contributed by atoms with Crippen molar-refractivity contribution in [2.75, 3.05) is 7.05 Å². The lowest BCUT2D eigenvalue weighted by atomic mass is 10.1. The summed E-state index contributed by atoms with van der Waals surface area (Å²) in [7, 11) is 1.69. The van der Waals surface area contributed by atoms with Gasteiger partial charge in [-0.25, -0.2) is 4.79 Å². The van der Waals surface area contributed by atoms with Gasteiger partial charge in [-0.15, -0.1) is 0 Å². The van der Waals surface area contributed by atoms with Gasteiger partial charge < -0.3 is 9.64 Å². The Hall–Kier alpha value is -2.10. The number of rotatable bonds is 3. The zero-order valence-corrected chi connectivity index (χ0v) is 11.6. The Bertz CT molecular complexity index is 496. The van der Waals surface area contributed by atoms with Crippen molar-refractivity contribution in [3.8, 4) is 0 Å². The molecule has 0 N–H and O–H groups in total. The van der Waals surface area contributed by atoms with Gasteiger partial charge in [0.05, 0.1) is 0 Å². The van der Waals surface area contributed by atoms with E-state index in [0.29, 0.717) is 6.42 Å². The largest absolute Gasteiger partial charge is 0.445 e. The highest BCUT2D eigenvalue weighted by Gasteiger charge is 2.23. The van der Waals surface area contributed by atoms with Gasteiger partial charge >= 0.3 is 6.09 Å². The Kier molecular flexibility index (Phi) is 4.93. The van der Waals surface area contributed by atoms with E-state index in [-0.39, 0.29) is 24.5 Å². The van der Waals surface area contributed by atoms with E-state index in [9.17, 15) is 9.59 Å². The molecule has 0 radical (unpaired) electrons. The number of carbonyl (C=O) groups is 2. The average Bonchev–Trinajstić information content (AvgIpc) is 2.69. The smallest absolute Gasteiger partial charge is 0.410 e. The highest BCUT2D eigenvalue weighted by molar-refractivity contribution is 5.90. The molecule has 0 aromatic heterocycles. The number of allylic oxidation sites excluding steroid dienone is 2. The average molecular weight is 273 g/mol. The molecule has 0 saturated heterocycles. The summed E-state index contributed by atoms with van der Waals surface area (Å²) in [6, 6.07) is 9.46. The van der Waals surface area contributed by atoms with Crippen LogP contribution in [0.15, 0.2) is 42.5 Å². The van der Waals surface area contributed by atoms with Gasteiger partial charge in [-0.1, -0.05) is 36.4 Å². The van der Waals surface area contributed by atoms with Crippen molar-refractivity contribution < 1.29 is 14.3 Å². The van der Waals surface area contributed by atoms with Crippen LogP contribution in [0.1, 0.15) is 24.8 Å². The number of benzene rings is 1. The molecule has 4 heteroatoms. The van der Waals surface area contributed by atoms with E-state index in [4.69, 9.17) is 4.74 Å². The molecule has 1 amide bonds. The van der Waals surface area contributed by atoms with Crippen molar-refractivity contribution >= 4 is 11.9 Å². The summed E-state index contributed by atoms with van der Waals surface area (Å²) in [4.78, 5) is 25.1. The van der Waals surface area contributed by atoms with Crippen LogP contribution in [-0.2, 0) is 16.1 Å². The third-order valence-corrected chi connectivity index (χ3v) is 3.45. The zero-order valence-electron chi connectivity index (χ0n) is 11.6. The van der Waals surface area contributed by atoms with Crippen LogP contribution < -0.4 is 0 Å². The molecule has 0 bridgehead atoms. The van der Waals surface area contributed by atoms with E-state index in [1.807, 2.05) is 36.4 Å². The molecule has 20 heavy (non-hydrogen) atoms. The topological polar surface area (TPSA) is 46.6 Å². The van der Waals surface area contributed by atoms with E-state index in [0.717, 1.165) is 18.4 Å². The maximum Gasteiger partial charge on any atom is 0.410 e. The molecule has 0 aliphatic heterocycles. The Morgan fingerprint density at radius 3 is 2.85 bits per heavy atom. The van der Waals surface area contributed by atoms with Gasteiger partial charge in [0, 0.05) is 19.5 Å². The quantitative estimate of drug-likeness (QED) is 0.850. The second kappa shape index (κ2) is 6.89. The lowest BCUT2D eigenvalue weighted by Crippen LogP contribution is -2.38. The standard InChI is InChI=1S/C16H19NO3/c1-17(14-9-5-6-10-15(18)11-14)16(19)20-12-13-7-3-2-4-8-13/h2-4,6-8,10,14H,5,9,11-12H2,1H3/t14-/m1/s1. The molecule has 1 aliphatic carbocycles. The molecule has 4 nitrogen and oxygen atoms in total. The van der Waals surface area contributed by atoms with E-state index in [2.05, 4.69) is 0 Å². The van der Waals surface area contributed by atoms with Crippen LogP contribution >= 0.6 is 0 Å². The molecule has 1 aliphatic rings. The van der Waals surface area contributed by atoms with Crippen molar-refractivity contribution in [3.05, 3.63) is 48.0 Å². The van der Waals surface area contributed by atoms with Crippen LogP contribution in [0.2, 0.25) is 0 Å². The van der Waals surface area contributed by atoms with Crippen LogP contribution in [0.3, 0.4) is 0 Å². The molecular formula is C16H19NO3. The number of carbonyl (C=O) groups excluding carboxylic acids is 2. The summed E-state index contributed by atoms with van der Waals surface area (Å²) in [5, 5.41) is 0. The Labute approximate surface area is 119 Å². The summed E-state index contributed by atoms with van der Waals surface area (Å²) in [5.74, 6) is 0.0650. The molecule has 1 aromatic rings. The van der Waals surface area contributed by atoms with Crippen molar-refractivity contribution in [2.24, 2.45) is 0 Å². The van der Waals surface area contributed by atoms with Crippen LogP contribution in [0, 0.1) is 0 Å². The summed E-state index contributed by atoms with van der Waals surface area (Å²) < 4.78 is 5.27. The highest BCUT2D eigenvalue weighted by atomic mass is 16.6. The molecule has 2 rings (SSSR count). The first-order chi connectivity index (χ1) is 9.66. The number of amides is 1. The minimum absolute atomic E-state index is 0.0650. The van der Waals surface area contributed by atoms with Crippen molar-refractivity contribution in [1.29, 1.82) is 0 Å². The van der Waals surface area contributed by atoms with E-state index in [1.54, 1.807) is 13.1 Å². The van der Waals surface area contributed by atoms with Gasteiger partial charge in [-0.2, -0.15) is 0 Å². The molecule has 1 atom stereocenters. The second-order valence-corrected chi connectivity index (χ2v) is 4.96. The third kappa shape index (κ3) is 3.95. The fourth-order valence-corrected chi connectivity index (χ4v) is 2.21. The first-order valence-corrected chi connectivity index (χ1v) is 6.79. The monoisotopic (exact) mass is 273 g/mol. The van der Waals surface area contributed by atoms with Crippen molar-refractivity contribution in [2.45, 2.75) is 31.9 Å². The maximum atomic E-state index is 12.0. The Morgan fingerprint density at radius 2 is 2.10 bits per heavy atom. The second-order valence-electron chi connectivity index (χ2n) is 4.96. The van der Waals surface area contributed by atoms with E-state index >= 15 is 0 Å².